The van der Waals surface area contributed by atoms with Crippen LogP contribution in [0.25, 0.3) is 0 Å². The summed E-state index contributed by atoms with van der Waals surface area (Å²) in [7, 11) is 0. The smallest absolute Gasteiger partial charge is 1.00 e. The molecule has 0 saturated carbocycles. The Labute approximate surface area is 137 Å². The van der Waals surface area contributed by atoms with Crippen molar-refractivity contribution in [2.45, 2.75) is 6.54 Å². The maximum Gasteiger partial charge on any atom is 1.00 e. The molecule has 0 aromatic carbocycles. The Bertz CT molecular complexity index is 399. The number of thioether (sulfide) groups is 1. The molecule has 0 radical (unpaired) electrons. The Morgan fingerprint density at radius 2 is 2.18 bits per heavy atom. The number of halogens is 1. The van der Waals surface area contributed by atoms with Crippen LogP contribution in [-0.2, 0) is 6.54 Å². The average Bonchev–Trinajstić information content (AvgIpc) is 2.62. The van der Waals surface area contributed by atoms with Gasteiger partial charge in [0, 0.05) is 31.1 Å². The minimum absolute atomic E-state index is 0. The van der Waals surface area contributed by atoms with Crippen molar-refractivity contribution in [1.82, 2.24) is 4.90 Å². The van der Waals surface area contributed by atoms with Crippen LogP contribution in [0.3, 0.4) is 0 Å². The molecule has 2 heterocycles. The summed E-state index contributed by atoms with van der Waals surface area (Å²) in [6.45, 7) is 2.88. The van der Waals surface area contributed by atoms with E-state index in [-0.39, 0.29) is 35.9 Å². The number of nitrogens with zero attached hydrogens (tertiary/aromatic N) is 1. The minimum atomic E-state index is -0.935. The average molecular weight is 302 g/mol. The van der Waals surface area contributed by atoms with E-state index in [1.807, 2.05) is 17.1 Å². The molecule has 1 saturated heterocycles. The van der Waals surface area contributed by atoms with Crippen molar-refractivity contribution in [2.24, 2.45) is 0 Å². The summed E-state index contributed by atoms with van der Waals surface area (Å²) in [4.78, 5) is 13.4. The van der Waals surface area contributed by atoms with Crippen LogP contribution in [0, 0.1) is 0 Å². The number of carbonyl (C=O) groups is 1. The molecule has 2 rings (SSSR count). The summed E-state index contributed by atoms with van der Waals surface area (Å²) in [6.07, 6.45) is 0. The SMILES string of the molecule is O=C(O)c1scc(CN2CCSCC2)c1Cl.[H-].[Na+]. The topological polar surface area (TPSA) is 40.5 Å². The van der Waals surface area contributed by atoms with Gasteiger partial charge >= 0.3 is 35.5 Å². The van der Waals surface area contributed by atoms with Crippen LogP contribution in [0.4, 0.5) is 0 Å². The van der Waals surface area contributed by atoms with Gasteiger partial charge in [-0.2, -0.15) is 11.8 Å². The molecule has 17 heavy (non-hydrogen) atoms. The Balaban J connectivity index is 0.00000144. The molecule has 0 bridgehead atoms. The van der Waals surface area contributed by atoms with Gasteiger partial charge in [-0.15, -0.1) is 11.3 Å². The molecule has 0 spiro atoms. The van der Waals surface area contributed by atoms with Gasteiger partial charge in [0.1, 0.15) is 4.88 Å². The number of aromatic carboxylic acids is 1. The third-order valence-electron chi connectivity index (χ3n) is 2.49. The summed E-state index contributed by atoms with van der Waals surface area (Å²) in [5.41, 5.74) is 0.941. The monoisotopic (exact) mass is 301 g/mol. The normalized spacial score (nSPS) is 16.5. The summed E-state index contributed by atoms with van der Waals surface area (Å²) in [5, 5.41) is 11.2. The van der Waals surface area contributed by atoms with Crippen molar-refractivity contribution in [3.05, 3.63) is 20.8 Å². The molecule has 0 amide bonds. The third-order valence-corrected chi connectivity index (χ3v) is 5.00. The quantitative estimate of drug-likeness (QED) is 0.783. The molecule has 7 heteroatoms. The van der Waals surface area contributed by atoms with E-state index in [2.05, 4.69) is 4.90 Å². The van der Waals surface area contributed by atoms with Gasteiger partial charge in [-0.05, 0) is 10.9 Å². The molecule has 90 valence electrons. The fourth-order valence-corrected chi connectivity index (χ4v) is 3.79. The zero-order valence-corrected chi connectivity index (χ0v) is 14.0. The van der Waals surface area contributed by atoms with Gasteiger partial charge in [0.15, 0.2) is 0 Å². The number of thiophene rings is 1. The zero-order valence-electron chi connectivity index (χ0n) is 10.6. The number of hydrogen-bond acceptors (Lipinski definition) is 4. The van der Waals surface area contributed by atoms with Crippen LogP contribution >= 0.6 is 34.7 Å². The van der Waals surface area contributed by atoms with Crippen LogP contribution in [0.15, 0.2) is 5.38 Å². The molecule has 1 aromatic heterocycles. The van der Waals surface area contributed by atoms with Crippen molar-refractivity contribution < 1.29 is 40.9 Å². The standard InChI is InChI=1S/C10H12ClNO2S2.Na.H/c11-8-7(6-16-9(8)10(13)14)5-12-1-3-15-4-2-12;;/h6H,1-5H2,(H,13,14);;/q;+1;-1. The molecule has 1 aromatic rings. The maximum atomic E-state index is 10.8. The van der Waals surface area contributed by atoms with E-state index < -0.39 is 5.97 Å². The number of carboxylic acids is 1. The van der Waals surface area contributed by atoms with Gasteiger partial charge in [0.05, 0.1) is 5.02 Å². The predicted molar refractivity (Wildman–Crippen MR) is 70.0 cm³/mol. The first-order valence-electron chi connectivity index (χ1n) is 4.97. The third kappa shape index (κ3) is 4.13. The van der Waals surface area contributed by atoms with Crippen molar-refractivity contribution in [3.8, 4) is 0 Å². The molecule has 0 unspecified atom stereocenters. The fourth-order valence-electron chi connectivity index (χ4n) is 1.63. The summed E-state index contributed by atoms with van der Waals surface area (Å²) < 4.78 is 0. The van der Waals surface area contributed by atoms with Crippen LogP contribution in [0.5, 0.6) is 0 Å². The molecule has 0 atom stereocenters. The number of carboxylic acid groups (broad SMARTS) is 1. The fraction of sp³-hybridized carbons (Fsp3) is 0.500. The first-order valence-corrected chi connectivity index (χ1v) is 7.39. The van der Waals surface area contributed by atoms with Gasteiger partial charge < -0.3 is 6.53 Å². The number of rotatable bonds is 3. The molecular formula is C10H13ClNNaO2S2. The Hall–Kier alpha value is 0.770. The summed E-state index contributed by atoms with van der Waals surface area (Å²) >= 11 is 9.20. The van der Waals surface area contributed by atoms with Gasteiger partial charge in [-0.25, -0.2) is 4.79 Å². The molecule has 1 N–H and O–H groups in total. The van der Waals surface area contributed by atoms with Gasteiger partial charge in [0.2, 0.25) is 0 Å². The van der Waals surface area contributed by atoms with E-state index in [1.165, 1.54) is 11.3 Å². The van der Waals surface area contributed by atoms with Gasteiger partial charge in [-0.3, -0.25) is 4.90 Å². The zero-order chi connectivity index (χ0) is 11.5. The largest absolute Gasteiger partial charge is 1.00 e. The van der Waals surface area contributed by atoms with Gasteiger partial charge in [0.25, 0.3) is 0 Å². The first kappa shape index (κ1) is 15.8. The van der Waals surface area contributed by atoms with Crippen molar-refractivity contribution in [2.75, 3.05) is 24.6 Å². The Morgan fingerprint density at radius 3 is 2.71 bits per heavy atom. The second-order valence-corrected chi connectivity index (χ2v) is 6.08. The van der Waals surface area contributed by atoms with Crippen LogP contribution in [-0.4, -0.2) is 40.6 Å². The van der Waals surface area contributed by atoms with Crippen LogP contribution in [0.2, 0.25) is 5.02 Å². The molecule has 1 aliphatic rings. The molecule has 1 fully saturated rings. The minimum Gasteiger partial charge on any atom is -1.00 e. The van der Waals surface area contributed by atoms with Gasteiger partial charge in [-0.1, -0.05) is 11.6 Å². The first-order chi connectivity index (χ1) is 7.68. The molecule has 3 nitrogen and oxygen atoms in total. The van der Waals surface area contributed by atoms with Crippen LogP contribution in [0.1, 0.15) is 16.7 Å². The van der Waals surface area contributed by atoms with E-state index in [0.29, 0.717) is 5.02 Å². The molecular weight excluding hydrogens is 289 g/mol. The predicted octanol–water partition coefficient (Wildman–Crippen LogP) is -0.235. The van der Waals surface area contributed by atoms with Crippen molar-refractivity contribution in [1.29, 1.82) is 0 Å². The second kappa shape index (κ2) is 7.38. The molecule has 1 aliphatic heterocycles. The summed E-state index contributed by atoms with van der Waals surface area (Å²) in [5.74, 6) is 1.36. The van der Waals surface area contributed by atoms with E-state index in [1.54, 1.807) is 0 Å². The van der Waals surface area contributed by atoms with E-state index >= 15 is 0 Å². The van der Waals surface area contributed by atoms with Crippen molar-refractivity contribution >= 4 is 40.7 Å². The van der Waals surface area contributed by atoms with E-state index in [9.17, 15) is 4.79 Å². The van der Waals surface area contributed by atoms with E-state index in [4.69, 9.17) is 16.7 Å². The molecule has 0 aliphatic carbocycles. The Morgan fingerprint density at radius 1 is 1.53 bits per heavy atom. The summed E-state index contributed by atoms with van der Waals surface area (Å²) in [6, 6.07) is 0. The number of hydrogen-bond donors (Lipinski definition) is 1. The van der Waals surface area contributed by atoms with Crippen molar-refractivity contribution in [3.63, 3.8) is 0 Å². The second-order valence-electron chi connectivity index (χ2n) is 3.60. The maximum absolute atomic E-state index is 10.8. The van der Waals surface area contributed by atoms with Crippen LogP contribution < -0.4 is 29.6 Å². The Kier molecular flexibility index (Phi) is 6.87. The van der Waals surface area contributed by atoms with E-state index in [0.717, 1.165) is 36.7 Å².